The van der Waals surface area contributed by atoms with Gasteiger partial charge in [0.2, 0.25) is 5.88 Å². The molecule has 0 bridgehead atoms. The van der Waals surface area contributed by atoms with Crippen LogP contribution in [-0.2, 0) is 4.74 Å². The van der Waals surface area contributed by atoms with Crippen molar-refractivity contribution in [3.05, 3.63) is 48.5 Å². The van der Waals surface area contributed by atoms with Crippen LogP contribution in [0, 0.1) is 0 Å². The highest BCUT2D eigenvalue weighted by atomic mass is 16.5. The van der Waals surface area contributed by atoms with Gasteiger partial charge < -0.3 is 20.1 Å². The van der Waals surface area contributed by atoms with E-state index in [1.165, 1.54) is 0 Å². The molecule has 1 aliphatic heterocycles. The van der Waals surface area contributed by atoms with Crippen molar-refractivity contribution in [1.82, 2.24) is 10.3 Å². The van der Waals surface area contributed by atoms with E-state index in [0.29, 0.717) is 11.9 Å². The predicted molar refractivity (Wildman–Crippen MR) is 102 cm³/mol. The number of nitrogens with zero attached hydrogens (tertiary/aromatic N) is 2. The fourth-order valence-corrected chi connectivity index (χ4v) is 3.21. The zero-order valence-corrected chi connectivity index (χ0v) is 14.7. The van der Waals surface area contributed by atoms with Crippen LogP contribution >= 0.6 is 0 Å². The van der Waals surface area contributed by atoms with E-state index in [0.717, 1.165) is 36.1 Å². The lowest BCUT2D eigenvalue weighted by atomic mass is 10.0. The molecule has 4 rings (SSSR count). The molecule has 0 spiro atoms. The zero-order valence-electron chi connectivity index (χ0n) is 14.7. The number of H-pyrrole nitrogens is 1. The lowest BCUT2D eigenvalue weighted by Gasteiger charge is -2.07. The Hall–Kier alpha value is -3.19. The van der Waals surface area contributed by atoms with Crippen molar-refractivity contribution in [2.45, 2.75) is 18.9 Å². The number of aromatic nitrogens is 1. The number of carbonyl (C=O) groups is 1. The van der Waals surface area contributed by atoms with Gasteiger partial charge in [-0.05, 0) is 36.1 Å². The average molecular weight is 364 g/mol. The van der Waals surface area contributed by atoms with Gasteiger partial charge in [-0.3, -0.25) is 0 Å². The number of amides is 2. The predicted octanol–water partition coefficient (Wildman–Crippen LogP) is 4.51. The fraction of sp³-hybridized carbons (Fsp3) is 0.250. The van der Waals surface area contributed by atoms with Gasteiger partial charge in [-0.15, -0.1) is 5.11 Å². The van der Waals surface area contributed by atoms with Gasteiger partial charge in [0.1, 0.15) is 0 Å². The number of hydrogen-bond donors (Lipinski definition) is 3. The van der Waals surface area contributed by atoms with Gasteiger partial charge in [-0.2, -0.15) is 0 Å². The Morgan fingerprint density at radius 3 is 2.85 bits per heavy atom. The molecular formula is C20H20N4O3. The summed E-state index contributed by atoms with van der Waals surface area (Å²) in [5.41, 5.74) is 3.01. The largest absolute Gasteiger partial charge is 0.493 e. The summed E-state index contributed by atoms with van der Waals surface area (Å²) in [5.74, 6) is -0.120. The van der Waals surface area contributed by atoms with E-state index >= 15 is 0 Å². The fourth-order valence-electron chi connectivity index (χ4n) is 3.21. The van der Waals surface area contributed by atoms with Crippen LogP contribution in [0.25, 0.3) is 22.0 Å². The van der Waals surface area contributed by atoms with Gasteiger partial charge in [0, 0.05) is 18.5 Å². The summed E-state index contributed by atoms with van der Waals surface area (Å²) in [6, 6.07) is 15.1. The number of azo groups is 1. The molecule has 1 unspecified atom stereocenters. The molecule has 1 saturated heterocycles. The van der Waals surface area contributed by atoms with Crippen LogP contribution in [0.1, 0.15) is 12.8 Å². The maximum absolute atomic E-state index is 11.9. The molecule has 0 radical (unpaired) electrons. The minimum atomic E-state index is -0.557. The first-order valence-corrected chi connectivity index (χ1v) is 8.92. The normalized spacial score (nSPS) is 17.0. The molecule has 1 atom stereocenters. The summed E-state index contributed by atoms with van der Waals surface area (Å²) in [6.07, 6.45) is 1.98. The monoisotopic (exact) mass is 364 g/mol. The van der Waals surface area contributed by atoms with E-state index in [9.17, 15) is 9.90 Å². The van der Waals surface area contributed by atoms with Crippen LogP contribution in [-0.4, -0.2) is 35.4 Å². The molecular weight excluding hydrogens is 344 g/mol. The second kappa shape index (κ2) is 7.59. The molecule has 7 nitrogen and oxygen atoms in total. The van der Waals surface area contributed by atoms with Crippen LogP contribution in [0.2, 0.25) is 0 Å². The summed E-state index contributed by atoms with van der Waals surface area (Å²) >= 11 is 0. The number of ether oxygens (including phenoxy) is 1. The summed E-state index contributed by atoms with van der Waals surface area (Å²) in [5, 5.41) is 21.2. The van der Waals surface area contributed by atoms with E-state index in [-0.39, 0.29) is 17.7 Å². The summed E-state index contributed by atoms with van der Waals surface area (Å²) in [6.45, 7) is 1.14. The first-order chi connectivity index (χ1) is 13.2. The highest BCUT2D eigenvalue weighted by Gasteiger charge is 2.16. The van der Waals surface area contributed by atoms with Crippen LogP contribution < -0.4 is 5.32 Å². The van der Waals surface area contributed by atoms with E-state index in [2.05, 4.69) is 20.5 Å². The second-order valence-electron chi connectivity index (χ2n) is 6.47. The van der Waals surface area contributed by atoms with Gasteiger partial charge in [0.15, 0.2) is 5.69 Å². The highest BCUT2D eigenvalue weighted by molar-refractivity contribution is 5.97. The van der Waals surface area contributed by atoms with Crippen molar-refractivity contribution < 1.29 is 14.6 Å². The Kier molecular flexibility index (Phi) is 4.84. The minimum Gasteiger partial charge on any atom is -0.493 e. The number of aromatic hydroxyl groups is 1. The zero-order chi connectivity index (χ0) is 18.6. The van der Waals surface area contributed by atoms with Crippen LogP contribution in [0.5, 0.6) is 5.88 Å². The Morgan fingerprint density at radius 2 is 2.07 bits per heavy atom. The topological polar surface area (TPSA) is 99.1 Å². The van der Waals surface area contributed by atoms with Crippen molar-refractivity contribution in [1.29, 1.82) is 0 Å². The van der Waals surface area contributed by atoms with Crippen LogP contribution in [0.15, 0.2) is 58.8 Å². The number of aromatic amines is 1. The third-order valence-corrected chi connectivity index (χ3v) is 4.60. The smallest absolute Gasteiger partial charge is 0.359 e. The molecule has 27 heavy (non-hydrogen) atoms. The Morgan fingerprint density at radius 1 is 1.22 bits per heavy atom. The molecule has 3 N–H and O–H groups in total. The molecule has 1 aliphatic rings. The number of hydrogen-bond acceptors (Lipinski definition) is 4. The van der Waals surface area contributed by atoms with E-state index in [4.69, 9.17) is 4.74 Å². The van der Waals surface area contributed by atoms with Gasteiger partial charge in [-0.25, -0.2) is 4.79 Å². The number of fused-ring (bicyclic) bond motifs is 1. The molecule has 1 aromatic heterocycles. The third-order valence-electron chi connectivity index (χ3n) is 4.60. The Labute approximate surface area is 156 Å². The SMILES string of the molecule is O=C(N=Nc1c(O)[nH]c2ccc(-c3ccccc3)cc12)NCC1CCCO1. The number of rotatable bonds is 4. The first kappa shape index (κ1) is 17.2. The van der Waals surface area contributed by atoms with Crippen LogP contribution in [0.4, 0.5) is 10.5 Å². The quantitative estimate of drug-likeness (QED) is 0.594. The van der Waals surface area contributed by atoms with Crippen molar-refractivity contribution in [3.63, 3.8) is 0 Å². The van der Waals surface area contributed by atoms with Crippen molar-refractivity contribution in [2.24, 2.45) is 10.2 Å². The average Bonchev–Trinajstić information content (AvgIpc) is 3.32. The summed E-state index contributed by atoms with van der Waals surface area (Å²) < 4.78 is 5.45. The maximum Gasteiger partial charge on any atom is 0.359 e. The molecule has 1 fully saturated rings. The number of benzene rings is 2. The number of nitrogens with one attached hydrogen (secondary N) is 2. The first-order valence-electron chi connectivity index (χ1n) is 8.92. The van der Waals surface area contributed by atoms with Gasteiger partial charge >= 0.3 is 6.03 Å². The standard InChI is InChI=1S/C20H20N4O3/c25-19-18(23-24-20(26)21-12-15-7-4-10-27-15)16-11-14(8-9-17(16)22-19)13-5-2-1-3-6-13/h1-3,5-6,8-9,11,15,22,25H,4,7,10,12H2,(H,21,26). The minimum absolute atomic E-state index is 0.0408. The molecule has 2 amide bonds. The van der Waals surface area contributed by atoms with Crippen molar-refractivity contribution in [3.8, 4) is 17.0 Å². The van der Waals surface area contributed by atoms with Gasteiger partial charge in [0.05, 0.1) is 11.6 Å². The van der Waals surface area contributed by atoms with Gasteiger partial charge in [-0.1, -0.05) is 41.5 Å². The van der Waals surface area contributed by atoms with Crippen molar-refractivity contribution in [2.75, 3.05) is 13.2 Å². The molecule has 0 aliphatic carbocycles. The molecule has 138 valence electrons. The number of urea groups is 1. The van der Waals surface area contributed by atoms with Crippen molar-refractivity contribution >= 4 is 22.6 Å². The van der Waals surface area contributed by atoms with Gasteiger partial charge in [0.25, 0.3) is 0 Å². The van der Waals surface area contributed by atoms with E-state index < -0.39 is 6.03 Å². The van der Waals surface area contributed by atoms with E-state index in [1.807, 2.05) is 48.5 Å². The Bertz CT molecular complexity index is 976. The maximum atomic E-state index is 11.9. The molecule has 0 saturated carbocycles. The molecule has 3 aromatic rings. The highest BCUT2D eigenvalue weighted by Crippen LogP contribution is 2.37. The summed E-state index contributed by atoms with van der Waals surface area (Å²) in [7, 11) is 0. The summed E-state index contributed by atoms with van der Waals surface area (Å²) in [4.78, 5) is 14.8. The van der Waals surface area contributed by atoms with Crippen LogP contribution in [0.3, 0.4) is 0 Å². The lowest BCUT2D eigenvalue weighted by Crippen LogP contribution is -2.29. The third kappa shape index (κ3) is 3.83. The number of carbonyl (C=O) groups excluding carboxylic acids is 1. The molecule has 7 heteroatoms. The second-order valence-corrected chi connectivity index (χ2v) is 6.47. The lowest BCUT2D eigenvalue weighted by molar-refractivity contribution is 0.111. The molecule has 2 heterocycles. The molecule has 2 aromatic carbocycles. The Balaban J connectivity index is 1.55. The van der Waals surface area contributed by atoms with E-state index in [1.54, 1.807) is 0 Å².